The Kier molecular flexibility index (Phi) is 4.80. The molecule has 0 spiro atoms. The van der Waals surface area contributed by atoms with E-state index in [0.29, 0.717) is 29.5 Å². The molecule has 3 nitrogen and oxygen atoms in total. The van der Waals surface area contributed by atoms with E-state index >= 15 is 0 Å². The molecule has 1 fully saturated rings. The zero-order chi connectivity index (χ0) is 15.4. The summed E-state index contributed by atoms with van der Waals surface area (Å²) in [4.78, 5) is 0. The lowest BCUT2D eigenvalue weighted by molar-refractivity contribution is 0.135. The molecule has 3 rings (SSSR count). The number of ether oxygens (including phenoxy) is 2. The highest BCUT2D eigenvalue weighted by Gasteiger charge is 2.20. The van der Waals surface area contributed by atoms with Gasteiger partial charge in [-0.25, -0.2) is 4.39 Å². The zero-order valence-corrected chi connectivity index (χ0v) is 12.8. The third-order valence-corrected chi connectivity index (χ3v) is 3.72. The molecule has 116 valence electrons. The molecule has 1 saturated heterocycles. The Morgan fingerprint density at radius 3 is 2.73 bits per heavy atom. The zero-order valence-electron chi connectivity index (χ0n) is 12.0. The van der Waals surface area contributed by atoms with Crippen molar-refractivity contribution < 1.29 is 13.9 Å². The average molecular weight is 322 g/mol. The average Bonchev–Trinajstić information content (AvgIpc) is 2.45. The standard InChI is InChI=1S/C17H17ClFNO2/c18-13-4-5-16(17(9-13)22-15-10-20-11-15)21-7-6-12-2-1-3-14(19)8-12/h1-5,8-9,15,20H,6-7,10-11H2. The lowest BCUT2D eigenvalue weighted by Crippen LogP contribution is -2.50. The minimum Gasteiger partial charge on any atom is -0.489 e. The van der Waals surface area contributed by atoms with Gasteiger partial charge in [0, 0.05) is 30.6 Å². The van der Waals surface area contributed by atoms with Crippen molar-refractivity contribution in [1.29, 1.82) is 0 Å². The van der Waals surface area contributed by atoms with Gasteiger partial charge in [0.2, 0.25) is 0 Å². The van der Waals surface area contributed by atoms with Crippen LogP contribution in [-0.4, -0.2) is 25.8 Å². The van der Waals surface area contributed by atoms with Crippen LogP contribution in [0.2, 0.25) is 5.02 Å². The lowest BCUT2D eigenvalue weighted by Gasteiger charge is -2.28. The van der Waals surface area contributed by atoms with Gasteiger partial charge in [0.1, 0.15) is 11.9 Å². The van der Waals surface area contributed by atoms with Crippen molar-refractivity contribution in [2.24, 2.45) is 0 Å². The number of halogens is 2. The molecule has 0 aliphatic carbocycles. The van der Waals surface area contributed by atoms with E-state index in [1.165, 1.54) is 12.1 Å². The Bertz CT molecular complexity index is 646. The van der Waals surface area contributed by atoms with Gasteiger partial charge >= 0.3 is 0 Å². The van der Waals surface area contributed by atoms with Crippen LogP contribution in [0.25, 0.3) is 0 Å². The summed E-state index contributed by atoms with van der Waals surface area (Å²) in [6.45, 7) is 2.11. The van der Waals surface area contributed by atoms with Gasteiger partial charge in [0.05, 0.1) is 6.61 Å². The summed E-state index contributed by atoms with van der Waals surface area (Å²) >= 11 is 6.02. The maximum absolute atomic E-state index is 13.1. The van der Waals surface area contributed by atoms with E-state index in [1.807, 2.05) is 6.07 Å². The minimum absolute atomic E-state index is 0.157. The molecular weight excluding hydrogens is 305 g/mol. The molecule has 1 N–H and O–H groups in total. The van der Waals surface area contributed by atoms with E-state index in [-0.39, 0.29) is 11.9 Å². The van der Waals surface area contributed by atoms with Gasteiger partial charge in [-0.05, 0) is 29.8 Å². The highest BCUT2D eigenvalue weighted by Crippen LogP contribution is 2.31. The van der Waals surface area contributed by atoms with Gasteiger partial charge in [-0.3, -0.25) is 0 Å². The van der Waals surface area contributed by atoms with Crippen LogP contribution in [0.3, 0.4) is 0 Å². The molecule has 0 bridgehead atoms. The molecule has 5 heteroatoms. The van der Waals surface area contributed by atoms with Crippen LogP contribution >= 0.6 is 11.6 Å². The van der Waals surface area contributed by atoms with Crippen LogP contribution in [0, 0.1) is 5.82 Å². The fraction of sp³-hybridized carbons (Fsp3) is 0.294. The van der Waals surface area contributed by atoms with Crippen LogP contribution < -0.4 is 14.8 Å². The smallest absolute Gasteiger partial charge is 0.163 e. The summed E-state index contributed by atoms with van der Waals surface area (Å²) in [5.74, 6) is 1.08. The highest BCUT2D eigenvalue weighted by atomic mass is 35.5. The van der Waals surface area contributed by atoms with Crippen LogP contribution in [0.1, 0.15) is 5.56 Å². The summed E-state index contributed by atoms with van der Waals surface area (Å²) in [7, 11) is 0. The first-order valence-electron chi connectivity index (χ1n) is 7.25. The lowest BCUT2D eigenvalue weighted by atomic mass is 10.1. The predicted molar refractivity (Wildman–Crippen MR) is 84.3 cm³/mol. The summed E-state index contributed by atoms with van der Waals surface area (Å²) in [6, 6.07) is 11.9. The van der Waals surface area contributed by atoms with Crippen LogP contribution in [0.15, 0.2) is 42.5 Å². The van der Waals surface area contributed by atoms with Crippen molar-refractivity contribution in [2.45, 2.75) is 12.5 Å². The molecule has 1 aliphatic rings. The first kappa shape index (κ1) is 15.1. The maximum atomic E-state index is 13.1. The second kappa shape index (κ2) is 6.99. The summed E-state index contributed by atoms with van der Waals surface area (Å²) < 4.78 is 24.8. The Morgan fingerprint density at radius 2 is 2.00 bits per heavy atom. The van der Waals surface area contributed by atoms with Gasteiger partial charge in [0.25, 0.3) is 0 Å². The topological polar surface area (TPSA) is 30.5 Å². The van der Waals surface area contributed by atoms with Crippen molar-refractivity contribution in [1.82, 2.24) is 5.32 Å². The van der Waals surface area contributed by atoms with E-state index in [9.17, 15) is 4.39 Å². The van der Waals surface area contributed by atoms with E-state index in [1.54, 1.807) is 24.3 Å². The fourth-order valence-electron chi connectivity index (χ4n) is 2.19. The molecule has 22 heavy (non-hydrogen) atoms. The third kappa shape index (κ3) is 3.90. The number of rotatable bonds is 6. The number of hydrogen-bond acceptors (Lipinski definition) is 3. The molecule has 0 saturated carbocycles. The quantitative estimate of drug-likeness (QED) is 0.884. The van der Waals surface area contributed by atoms with Gasteiger partial charge in [0.15, 0.2) is 11.5 Å². The van der Waals surface area contributed by atoms with E-state index in [4.69, 9.17) is 21.1 Å². The molecule has 0 unspecified atom stereocenters. The number of hydrogen-bond donors (Lipinski definition) is 1. The molecule has 2 aromatic carbocycles. The van der Waals surface area contributed by atoms with Crippen LogP contribution in [0.5, 0.6) is 11.5 Å². The van der Waals surface area contributed by atoms with E-state index in [2.05, 4.69) is 5.32 Å². The summed E-state index contributed by atoms with van der Waals surface area (Å²) in [5.41, 5.74) is 0.902. The Balaban J connectivity index is 1.61. The molecule has 1 aliphatic heterocycles. The number of nitrogens with one attached hydrogen (secondary N) is 1. The van der Waals surface area contributed by atoms with Crippen LogP contribution in [0.4, 0.5) is 4.39 Å². The van der Waals surface area contributed by atoms with Crippen molar-refractivity contribution in [3.8, 4) is 11.5 Å². The number of benzene rings is 2. The first-order chi connectivity index (χ1) is 10.7. The third-order valence-electron chi connectivity index (χ3n) is 3.48. The van der Waals surface area contributed by atoms with Crippen molar-refractivity contribution in [3.63, 3.8) is 0 Å². The monoisotopic (exact) mass is 321 g/mol. The first-order valence-corrected chi connectivity index (χ1v) is 7.63. The SMILES string of the molecule is Fc1cccc(CCOc2ccc(Cl)cc2OC2CNC2)c1. The fourth-order valence-corrected chi connectivity index (χ4v) is 2.35. The van der Waals surface area contributed by atoms with Gasteiger partial charge in [-0.15, -0.1) is 0 Å². The van der Waals surface area contributed by atoms with Gasteiger partial charge in [-0.2, -0.15) is 0 Å². The normalized spacial score (nSPS) is 14.5. The molecule has 2 aromatic rings. The van der Waals surface area contributed by atoms with Crippen molar-refractivity contribution in [3.05, 3.63) is 58.9 Å². The Morgan fingerprint density at radius 1 is 1.14 bits per heavy atom. The molecular formula is C17H17ClFNO2. The second-order valence-corrected chi connectivity index (χ2v) is 5.65. The minimum atomic E-state index is -0.231. The van der Waals surface area contributed by atoms with Crippen molar-refractivity contribution in [2.75, 3.05) is 19.7 Å². The summed E-state index contributed by atoms with van der Waals surface area (Å²) in [6.07, 6.45) is 0.786. The Hall–Kier alpha value is -1.78. The largest absolute Gasteiger partial charge is 0.489 e. The van der Waals surface area contributed by atoms with E-state index < -0.39 is 0 Å². The molecule has 0 atom stereocenters. The summed E-state index contributed by atoms with van der Waals surface area (Å²) in [5, 5.41) is 3.76. The van der Waals surface area contributed by atoms with Crippen molar-refractivity contribution >= 4 is 11.6 Å². The van der Waals surface area contributed by atoms with Gasteiger partial charge in [-0.1, -0.05) is 23.7 Å². The second-order valence-electron chi connectivity index (χ2n) is 5.22. The predicted octanol–water partition coefficient (Wildman–Crippen LogP) is 3.45. The van der Waals surface area contributed by atoms with E-state index in [0.717, 1.165) is 18.7 Å². The molecule has 0 radical (unpaired) electrons. The molecule has 1 heterocycles. The molecule has 0 amide bonds. The van der Waals surface area contributed by atoms with Gasteiger partial charge < -0.3 is 14.8 Å². The molecule has 0 aromatic heterocycles. The highest BCUT2D eigenvalue weighted by molar-refractivity contribution is 6.30. The maximum Gasteiger partial charge on any atom is 0.163 e. The van der Waals surface area contributed by atoms with Crippen LogP contribution in [-0.2, 0) is 6.42 Å². The Labute approximate surface area is 134 Å².